The largest absolute Gasteiger partial charge is 0.478 e. The molecule has 1 aliphatic rings. The van der Waals surface area contributed by atoms with Crippen LogP contribution in [0.15, 0.2) is 47.4 Å². The van der Waals surface area contributed by atoms with Crippen LogP contribution < -0.4 is 9.62 Å². The SMILES string of the molecule is CC(C)Cc1ccc(S(=O)(=O)Nc2cc(C(=O)O)ccc2N2CCC[C@@H](C)C2)cc1. The fraction of sp³-hybridized carbons (Fsp3) is 0.435. The van der Waals surface area contributed by atoms with Crippen molar-refractivity contribution in [3.8, 4) is 0 Å². The third-order valence-corrected chi connectivity index (χ3v) is 6.74. The Kier molecular flexibility index (Phi) is 6.71. The Morgan fingerprint density at radius 3 is 2.50 bits per heavy atom. The minimum atomic E-state index is -3.85. The van der Waals surface area contributed by atoms with Crippen molar-refractivity contribution in [3.05, 3.63) is 53.6 Å². The van der Waals surface area contributed by atoms with E-state index in [2.05, 4.69) is 30.4 Å². The highest BCUT2D eigenvalue weighted by Crippen LogP contribution is 2.32. The van der Waals surface area contributed by atoms with Crippen LogP contribution in [0.2, 0.25) is 0 Å². The van der Waals surface area contributed by atoms with Crippen molar-refractivity contribution in [3.63, 3.8) is 0 Å². The van der Waals surface area contributed by atoms with E-state index in [0.29, 0.717) is 23.2 Å². The summed E-state index contributed by atoms with van der Waals surface area (Å²) in [5.41, 5.74) is 2.15. The molecule has 1 atom stereocenters. The normalized spacial score (nSPS) is 17.2. The lowest BCUT2D eigenvalue weighted by Crippen LogP contribution is -2.35. The zero-order valence-corrected chi connectivity index (χ0v) is 18.6. The van der Waals surface area contributed by atoms with E-state index in [-0.39, 0.29) is 10.5 Å². The molecule has 2 aromatic rings. The number of anilines is 2. The van der Waals surface area contributed by atoms with E-state index in [9.17, 15) is 18.3 Å². The van der Waals surface area contributed by atoms with E-state index in [1.165, 1.54) is 12.1 Å². The van der Waals surface area contributed by atoms with Crippen LogP contribution in [-0.4, -0.2) is 32.6 Å². The Balaban J connectivity index is 1.93. The minimum Gasteiger partial charge on any atom is -0.478 e. The van der Waals surface area contributed by atoms with E-state index in [4.69, 9.17) is 0 Å². The van der Waals surface area contributed by atoms with Gasteiger partial charge in [0, 0.05) is 13.1 Å². The first-order valence-corrected chi connectivity index (χ1v) is 11.9. The van der Waals surface area contributed by atoms with Gasteiger partial charge in [-0.25, -0.2) is 13.2 Å². The molecule has 1 aliphatic heterocycles. The van der Waals surface area contributed by atoms with Crippen LogP contribution in [0, 0.1) is 11.8 Å². The predicted octanol–water partition coefficient (Wildman–Crippen LogP) is 4.62. The first-order valence-electron chi connectivity index (χ1n) is 10.4. The number of carbonyl (C=O) groups is 1. The van der Waals surface area contributed by atoms with Crippen LogP contribution in [0.25, 0.3) is 0 Å². The number of hydrogen-bond acceptors (Lipinski definition) is 4. The topological polar surface area (TPSA) is 86.7 Å². The standard InChI is InChI=1S/C23H30N2O4S/c1-16(2)13-18-6-9-20(10-7-18)30(28,29)24-21-14-19(23(26)27)8-11-22(21)25-12-4-5-17(3)15-25/h6-11,14,16-17,24H,4-5,12-13,15H2,1-3H3,(H,26,27)/t17-/m1/s1. The van der Waals surface area contributed by atoms with Gasteiger partial charge in [0.1, 0.15) is 0 Å². The number of carboxylic acid groups (broad SMARTS) is 1. The third-order valence-electron chi connectivity index (χ3n) is 5.36. The maximum atomic E-state index is 13.0. The van der Waals surface area contributed by atoms with Gasteiger partial charge in [-0.15, -0.1) is 0 Å². The molecule has 162 valence electrons. The van der Waals surface area contributed by atoms with Crippen molar-refractivity contribution in [2.24, 2.45) is 11.8 Å². The van der Waals surface area contributed by atoms with Gasteiger partial charge >= 0.3 is 5.97 Å². The second-order valence-corrected chi connectivity index (χ2v) is 10.3. The third kappa shape index (κ3) is 5.33. The average Bonchev–Trinajstić information content (AvgIpc) is 2.67. The Labute approximate surface area is 179 Å². The molecule has 30 heavy (non-hydrogen) atoms. The van der Waals surface area contributed by atoms with Crippen molar-refractivity contribution in [1.82, 2.24) is 0 Å². The molecule has 0 unspecified atom stereocenters. The lowest BCUT2D eigenvalue weighted by Gasteiger charge is -2.34. The maximum absolute atomic E-state index is 13.0. The Morgan fingerprint density at radius 2 is 1.90 bits per heavy atom. The molecule has 0 amide bonds. The van der Waals surface area contributed by atoms with E-state index < -0.39 is 16.0 Å². The number of hydrogen-bond donors (Lipinski definition) is 2. The molecule has 2 N–H and O–H groups in total. The zero-order valence-electron chi connectivity index (χ0n) is 17.8. The van der Waals surface area contributed by atoms with Gasteiger partial charge in [-0.1, -0.05) is 32.9 Å². The smallest absolute Gasteiger partial charge is 0.335 e. The lowest BCUT2D eigenvalue weighted by molar-refractivity contribution is 0.0697. The minimum absolute atomic E-state index is 0.0498. The summed E-state index contributed by atoms with van der Waals surface area (Å²) in [7, 11) is -3.85. The van der Waals surface area contributed by atoms with Gasteiger partial charge in [-0.3, -0.25) is 4.72 Å². The molecule has 1 fully saturated rings. The second kappa shape index (κ2) is 9.08. The van der Waals surface area contributed by atoms with Crippen molar-refractivity contribution >= 4 is 27.4 Å². The van der Waals surface area contributed by atoms with Gasteiger partial charge < -0.3 is 10.0 Å². The number of benzene rings is 2. The number of nitrogens with one attached hydrogen (secondary N) is 1. The van der Waals surface area contributed by atoms with Gasteiger partial charge in [-0.05, 0) is 67.0 Å². The highest BCUT2D eigenvalue weighted by molar-refractivity contribution is 7.92. The molecule has 0 spiro atoms. The Morgan fingerprint density at radius 1 is 1.20 bits per heavy atom. The summed E-state index contributed by atoms with van der Waals surface area (Å²) in [4.78, 5) is 13.8. The van der Waals surface area contributed by atoms with Gasteiger partial charge in [0.25, 0.3) is 10.0 Å². The number of aromatic carboxylic acids is 1. The number of piperidine rings is 1. The summed E-state index contributed by atoms with van der Waals surface area (Å²) >= 11 is 0. The first kappa shape index (κ1) is 22.2. The monoisotopic (exact) mass is 430 g/mol. The van der Waals surface area contributed by atoms with Crippen LogP contribution in [0.3, 0.4) is 0 Å². The van der Waals surface area contributed by atoms with Crippen LogP contribution in [-0.2, 0) is 16.4 Å². The molecular weight excluding hydrogens is 400 g/mol. The van der Waals surface area contributed by atoms with Crippen LogP contribution >= 0.6 is 0 Å². The van der Waals surface area contributed by atoms with Crippen LogP contribution in [0.5, 0.6) is 0 Å². The van der Waals surface area contributed by atoms with E-state index in [1.54, 1.807) is 18.2 Å². The molecule has 3 rings (SSSR count). The van der Waals surface area contributed by atoms with Crippen LogP contribution in [0.1, 0.15) is 49.5 Å². The summed E-state index contributed by atoms with van der Waals surface area (Å²) in [6, 6.07) is 11.5. The Bertz CT molecular complexity index is 1000. The van der Waals surface area contributed by atoms with Gasteiger partial charge in [-0.2, -0.15) is 0 Å². The molecule has 1 heterocycles. The summed E-state index contributed by atoms with van der Waals surface area (Å²) in [6.45, 7) is 8.02. The first-order chi connectivity index (χ1) is 14.2. The highest BCUT2D eigenvalue weighted by Gasteiger charge is 2.23. The highest BCUT2D eigenvalue weighted by atomic mass is 32.2. The van der Waals surface area contributed by atoms with Crippen molar-refractivity contribution in [1.29, 1.82) is 0 Å². The number of carboxylic acids is 1. The molecule has 0 radical (unpaired) electrons. The van der Waals surface area contributed by atoms with Crippen molar-refractivity contribution in [2.75, 3.05) is 22.7 Å². The van der Waals surface area contributed by atoms with E-state index >= 15 is 0 Å². The van der Waals surface area contributed by atoms with Gasteiger partial charge in [0.05, 0.1) is 21.8 Å². The quantitative estimate of drug-likeness (QED) is 0.669. The van der Waals surface area contributed by atoms with E-state index in [1.807, 2.05) is 12.1 Å². The molecular formula is C23H30N2O4S. The molecule has 6 nitrogen and oxygen atoms in total. The number of rotatable bonds is 7. The second-order valence-electron chi connectivity index (χ2n) is 8.58. The molecule has 2 aromatic carbocycles. The number of sulfonamides is 1. The predicted molar refractivity (Wildman–Crippen MR) is 120 cm³/mol. The fourth-order valence-electron chi connectivity index (χ4n) is 3.91. The molecule has 0 aliphatic carbocycles. The van der Waals surface area contributed by atoms with E-state index in [0.717, 1.165) is 37.9 Å². The van der Waals surface area contributed by atoms with Gasteiger partial charge in [0.15, 0.2) is 0 Å². The number of nitrogens with zero attached hydrogens (tertiary/aromatic N) is 1. The Hall–Kier alpha value is -2.54. The summed E-state index contributed by atoms with van der Waals surface area (Å²) < 4.78 is 28.7. The van der Waals surface area contributed by atoms with Crippen LogP contribution in [0.4, 0.5) is 11.4 Å². The summed E-state index contributed by atoms with van der Waals surface area (Å²) in [5.74, 6) is -0.109. The summed E-state index contributed by atoms with van der Waals surface area (Å²) in [6.07, 6.45) is 3.03. The van der Waals surface area contributed by atoms with Crippen molar-refractivity contribution in [2.45, 2.75) is 44.9 Å². The van der Waals surface area contributed by atoms with Gasteiger partial charge in [0.2, 0.25) is 0 Å². The maximum Gasteiger partial charge on any atom is 0.335 e. The molecule has 7 heteroatoms. The fourth-order valence-corrected chi connectivity index (χ4v) is 4.98. The average molecular weight is 431 g/mol. The molecule has 0 saturated carbocycles. The molecule has 0 bridgehead atoms. The summed E-state index contributed by atoms with van der Waals surface area (Å²) in [5, 5.41) is 9.38. The lowest BCUT2D eigenvalue weighted by atomic mass is 9.99. The van der Waals surface area contributed by atoms with Crippen molar-refractivity contribution < 1.29 is 18.3 Å². The zero-order chi connectivity index (χ0) is 21.9. The molecule has 0 aromatic heterocycles. The molecule has 1 saturated heterocycles.